The third-order valence-electron chi connectivity index (χ3n) is 5.03. The lowest BCUT2D eigenvalue weighted by molar-refractivity contribution is -0.134. The van der Waals surface area contributed by atoms with E-state index in [0.29, 0.717) is 12.5 Å². The van der Waals surface area contributed by atoms with Crippen molar-refractivity contribution < 1.29 is 15.3 Å². The lowest BCUT2D eigenvalue weighted by atomic mass is 9.93. The minimum Gasteiger partial charge on any atom is -0.389 e. The SMILES string of the molecule is C[C@@H]1[C@@H](O)[C@H](O)[C@@H](O)CN1C[C@H]1CCN(c2cccnc2)C1. The van der Waals surface area contributed by atoms with Crippen molar-refractivity contribution in [1.82, 2.24) is 9.88 Å². The zero-order valence-electron chi connectivity index (χ0n) is 12.9. The molecule has 22 heavy (non-hydrogen) atoms. The van der Waals surface area contributed by atoms with E-state index in [0.717, 1.165) is 31.7 Å². The fourth-order valence-electron chi connectivity index (χ4n) is 3.57. The second-order valence-electron chi connectivity index (χ2n) is 6.55. The first kappa shape index (κ1) is 15.7. The second-order valence-corrected chi connectivity index (χ2v) is 6.55. The Morgan fingerprint density at radius 3 is 2.77 bits per heavy atom. The standard InChI is InChI=1S/C16H25N3O3/c1-11-15(21)16(22)14(20)10-19(11)9-12-4-6-18(8-12)13-3-2-5-17-7-13/h2-3,5,7,11-12,14-16,20-22H,4,6,8-10H2,1H3/t11-,12+,14+,15-,16-/m1/s1. The number of likely N-dealkylation sites (tertiary alicyclic amines) is 1. The highest BCUT2D eigenvalue weighted by Gasteiger charge is 2.40. The van der Waals surface area contributed by atoms with Gasteiger partial charge in [0.25, 0.3) is 0 Å². The highest BCUT2D eigenvalue weighted by Crippen LogP contribution is 2.26. The number of aliphatic hydroxyl groups excluding tert-OH is 3. The Morgan fingerprint density at radius 1 is 1.23 bits per heavy atom. The Kier molecular flexibility index (Phi) is 4.63. The molecule has 2 saturated heterocycles. The summed E-state index contributed by atoms with van der Waals surface area (Å²) in [5.41, 5.74) is 1.15. The predicted molar refractivity (Wildman–Crippen MR) is 83.6 cm³/mol. The summed E-state index contributed by atoms with van der Waals surface area (Å²) in [4.78, 5) is 8.59. The van der Waals surface area contributed by atoms with Gasteiger partial charge in [0.1, 0.15) is 6.10 Å². The van der Waals surface area contributed by atoms with Gasteiger partial charge in [-0.2, -0.15) is 0 Å². The Labute approximate surface area is 131 Å². The highest BCUT2D eigenvalue weighted by atomic mass is 16.4. The van der Waals surface area contributed by atoms with Crippen molar-refractivity contribution in [1.29, 1.82) is 0 Å². The van der Waals surface area contributed by atoms with E-state index in [1.807, 2.05) is 19.2 Å². The number of anilines is 1. The van der Waals surface area contributed by atoms with Crippen LogP contribution in [0.25, 0.3) is 0 Å². The van der Waals surface area contributed by atoms with Crippen molar-refractivity contribution in [2.45, 2.75) is 37.7 Å². The highest BCUT2D eigenvalue weighted by molar-refractivity contribution is 5.44. The van der Waals surface area contributed by atoms with Crippen LogP contribution in [0.3, 0.4) is 0 Å². The van der Waals surface area contributed by atoms with Crippen molar-refractivity contribution in [2.24, 2.45) is 5.92 Å². The number of hydrogen-bond acceptors (Lipinski definition) is 6. The summed E-state index contributed by atoms with van der Waals surface area (Å²) in [6.07, 6.45) is 1.95. The largest absolute Gasteiger partial charge is 0.389 e. The van der Waals surface area contributed by atoms with Gasteiger partial charge < -0.3 is 20.2 Å². The zero-order chi connectivity index (χ0) is 15.7. The van der Waals surface area contributed by atoms with Crippen LogP contribution >= 0.6 is 0 Å². The molecule has 0 radical (unpaired) electrons. The molecular formula is C16H25N3O3. The first-order chi connectivity index (χ1) is 10.6. The summed E-state index contributed by atoms with van der Waals surface area (Å²) >= 11 is 0. The van der Waals surface area contributed by atoms with Crippen molar-refractivity contribution >= 4 is 5.69 Å². The van der Waals surface area contributed by atoms with Crippen LogP contribution in [0.2, 0.25) is 0 Å². The molecule has 0 aromatic carbocycles. The molecule has 0 unspecified atom stereocenters. The van der Waals surface area contributed by atoms with Crippen LogP contribution in [0.5, 0.6) is 0 Å². The number of pyridine rings is 1. The predicted octanol–water partition coefficient (Wildman–Crippen LogP) is -0.305. The summed E-state index contributed by atoms with van der Waals surface area (Å²) in [5, 5.41) is 29.6. The van der Waals surface area contributed by atoms with E-state index in [2.05, 4.69) is 20.9 Å². The van der Waals surface area contributed by atoms with Crippen LogP contribution < -0.4 is 4.90 Å². The van der Waals surface area contributed by atoms with Crippen molar-refractivity contribution in [3.8, 4) is 0 Å². The number of hydrogen-bond donors (Lipinski definition) is 3. The molecule has 2 aliphatic heterocycles. The van der Waals surface area contributed by atoms with E-state index in [4.69, 9.17) is 0 Å². The molecule has 2 aliphatic rings. The number of aliphatic hydroxyl groups is 3. The fourth-order valence-corrected chi connectivity index (χ4v) is 3.57. The van der Waals surface area contributed by atoms with Crippen LogP contribution in [0.1, 0.15) is 13.3 Å². The molecule has 5 atom stereocenters. The van der Waals surface area contributed by atoms with E-state index < -0.39 is 18.3 Å². The third kappa shape index (κ3) is 3.10. The summed E-state index contributed by atoms with van der Waals surface area (Å²) < 4.78 is 0. The van der Waals surface area contributed by atoms with E-state index in [9.17, 15) is 15.3 Å². The van der Waals surface area contributed by atoms with Gasteiger partial charge in [-0.15, -0.1) is 0 Å². The van der Waals surface area contributed by atoms with Crippen molar-refractivity contribution in [3.05, 3.63) is 24.5 Å². The summed E-state index contributed by atoms with van der Waals surface area (Å²) in [5.74, 6) is 0.497. The maximum Gasteiger partial charge on any atom is 0.108 e. The average molecular weight is 307 g/mol. The maximum atomic E-state index is 10.0. The lowest BCUT2D eigenvalue weighted by Gasteiger charge is -2.43. The van der Waals surface area contributed by atoms with Crippen molar-refractivity contribution in [3.63, 3.8) is 0 Å². The molecule has 3 rings (SSSR count). The third-order valence-corrected chi connectivity index (χ3v) is 5.03. The number of rotatable bonds is 3. The minimum absolute atomic E-state index is 0.133. The van der Waals surface area contributed by atoms with E-state index in [-0.39, 0.29) is 6.04 Å². The van der Waals surface area contributed by atoms with E-state index >= 15 is 0 Å². The van der Waals surface area contributed by atoms with Crippen LogP contribution in [0.15, 0.2) is 24.5 Å². The number of nitrogens with zero attached hydrogens (tertiary/aromatic N) is 3. The van der Waals surface area contributed by atoms with Crippen LogP contribution in [-0.2, 0) is 0 Å². The van der Waals surface area contributed by atoms with Gasteiger partial charge in [-0.1, -0.05) is 0 Å². The molecular weight excluding hydrogens is 282 g/mol. The second kappa shape index (κ2) is 6.50. The Bertz CT molecular complexity index is 487. The Morgan fingerprint density at radius 2 is 2.05 bits per heavy atom. The van der Waals surface area contributed by atoms with Gasteiger partial charge in [0, 0.05) is 38.4 Å². The van der Waals surface area contributed by atoms with E-state index in [1.165, 1.54) is 0 Å². The first-order valence-electron chi connectivity index (χ1n) is 7.99. The Balaban J connectivity index is 1.58. The van der Waals surface area contributed by atoms with Crippen LogP contribution in [0.4, 0.5) is 5.69 Å². The molecule has 0 aliphatic carbocycles. The molecule has 6 heteroatoms. The molecule has 0 amide bonds. The Hall–Kier alpha value is -1.21. The number of piperidine rings is 1. The van der Waals surface area contributed by atoms with Gasteiger partial charge in [-0.05, 0) is 31.4 Å². The summed E-state index contributed by atoms with van der Waals surface area (Å²) in [6.45, 7) is 5.13. The average Bonchev–Trinajstić information content (AvgIpc) is 3.00. The molecule has 0 saturated carbocycles. The van der Waals surface area contributed by atoms with Gasteiger partial charge in [0.2, 0.25) is 0 Å². The van der Waals surface area contributed by atoms with Gasteiger partial charge >= 0.3 is 0 Å². The monoisotopic (exact) mass is 307 g/mol. The number of aromatic nitrogens is 1. The summed E-state index contributed by atoms with van der Waals surface area (Å²) in [6, 6.07) is 3.89. The van der Waals surface area contributed by atoms with Crippen LogP contribution in [0, 0.1) is 5.92 Å². The molecule has 3 N–H and O–H groups in total. The minimum atomic E-state index is -1.04. The summed E-state index contributed by atoms with van der Waals surface area (Å²) in [7, 11) is 0. The van der Waals surface area contributed by atoms with Gasteiger partial charge in [-0.3, -0.25) is 9.88 Å². The lowest BCUT2D eigenvalue weighted by Crippen LogP contribution is -2.60. The molecule has 0 spiro atoms. The van der Waals surface area contributed by atoms with Crippen molar-refractivity contribution in [2.75, 3.05) is 31.1 Å². The fraction of sp³-hybridized carbons (Fsp3) is 0.688. The normalized spacial score (nSPS) is 36.7. The molecule has 1 aromatic heterocycles. The van der Waals surface area contributed by atoms with Gasteiger partial charge in [-0.25, -0.2) is 0 Å². The quantitative estimate of drug-likeness (QED) is 0.711. The van der Waals surface area contributed by atoms with Gasteiger partial charge in [0.05, 0.1) is 24.1 Å². The molecule has 2 fully saturated rings. The number of β-amino-alcohol motifs (C(OH)–C–C–N with tert-alkyl or cyclic N) is 1. The smallest absolute Gasteiger partial charge is 0.108 e. The molecule has 3 heterocycles. The molecule has 6 nitrogen and oxygen atoms in total. The molecule has 1 aromatic rings. The molecule has 0 bridgehead atoms. The van der Waals surface area contributed by atoms with Crippen LogP contribution in [-0.4, -0.2) is 75.7 Å². The maximum absolute atomic E-state index is 10.0. The topological polar surface area (TPSA) is 80.1 Å². The zero-order valence-corrected chi connectivity index (χ0v) is 12.9. The first-order valence-corrected chi connectivity index (χ1v) is 7.99. The van der Waals surface area contributed by atoms with Gasteiger partial charge in [0.15, 0.2) is 0 Å². The molecule has 122 valence electrons. The van der Waals surface area contributed by atoms with E-state index in [1.54, 1.807) is 6.20 Å².